The Labute approximate surface area is 96.9 Å². The van der Waals surface area contributed by atoms with Crippen LogP contribution < -0.4 is 5.32 Å². The number of hydrogen-bond acceptors (Lipinski definition) is 2. The summed E-state index contributed by atoms with van der Waals surface area (Å²) in [7, 11) is 0. The molecule has 0 unspecified atom stereocenters. The van der Waals surface area contributed by atoms with Crippen molar-refractivity contribution in [2.45, 2.75) is 19.4 Å². The van der Waals surface area contributed by atoms with E-state index in [2.05, 4.69) is 21.2 Å². The van der Waals surface area contributed by atoms with Gasteiger partial charge in [-0.2, -0.15) is 0 Å². The molecule has 15 heavy (non-hydrogen) atoms. The smallest absolute Gasteiger partial charge is 0.407 e. The van der Waals surface area contributed by atoms with Gasteiger partial charge in [-0.3, -0.25) is 0 Å². The van der Waals surface area contributed by atoms with Crippen LogP contribution in [0.5, 0.6) is 0 Å². The van der Waals surface area contributed by atoms with Crippen LogP contribution in [0.3, 0.4) is 0 Å². The maximum absolute atomic E-state index is 11.1. The number of rotatable bonds is 1. The van der Waals surface area contributed by atoms with Crippen molar-refractivity contribution in [2.75, 3.05) is 6.54 Å². The molecule has 1 aliphatic rings. The lowest BCUT2D eigenvalue weighted by molar-refractivity contribution is 0.0738. The molecule has 3 nitrogen and oxygen atoms in total. The number of halogens is 1. The van der Waals surface area contributed by atoms with Gasteiger partial charge < -0.3 is 10.1 Å². The van der Waals surface area contributed by atoms with E-state index in [0.717, 1.165) is 16.5 Å². The zero-order chi connectivity index (χ0) is 10.8. The minimum atomic E-state index is -0.331. The number of hydrogen-bond donors (Lipinski definition) is 1. The molecule has 1 atom stereocenters. The van der Waals surface area contributed by atoms with Crippen LogP contribution >= 0.6 is 15.9 Å². The van der Waals surface area contributed by atoms with Crippen LogP contribution in [0, 0.1) is 6.92 Å². The molecule has 0 saturated carbocycles. The molecule has 0 radical (unpaired) electrons. The third kappa shape index (κ3) is 2.31. The first kappa shape index (κ1) is 10.5. The number of carbonyl (C=O) groups is 1. The van der Waals surface area contributed by atoms with E-state index in [0.29, 0.717) is 6.54 Å². The molecule has 0 spiro atoms. The summed E-state index contributed by atoms with van der Waals surface area (Å²) in [5.74, 6) is 0. The molecule has 1 aromatic carbocycles. The van der Waals surface area contributed by atoms with E-state index in [1.165, 1.54) is 5.56 Å². The lowest BCUT2D eigenvalue weighted by atomic mass is 10.0. The highest BCUT2D eigenvalue weighted by molar-refractivity contribution is 9.10. The van der Waals surface area contributed by atoms with Crippen molar-refractivity contribution < 1.29 is 9.53 Å². The van der Waals surface area contributed by atoms with E-state index in [1.54, 1.807) is 0 Å². The van der Waals surface area contributed by atoms with Crippen LogP contribution in [0.25, 0.3) is 0 Å². The molecule has 2 rings (SSSR count). The zero-order valence-corrected chi connectivity index (χ0v) is 10.0. The number of aryl methyl sites for hydroxylation is 1. The fraction of sp³-hybridized carbons (Fsp3) is 0.364. The highest BCUT2D eigenvalue weighted by atomic mass is 79.9. The summed E-state index contributed by atoms with van der Waals surface area (Å²) in [6.45, 7) is 2.71. The van der Waals surface area contributed by atoms with Crippen LogP contribution in [0.2, 0.25) is 0 Å². The summed E-state index contributed by atoms with van der Waals surface area (Å²) in [6.07, 6.45) is 0.375. The first-order valence-electron chi connectivity index (χ1n) is 4.87. The molecule has 1 aliphatic heterocycles. The molecule has 1 saturated heterocycles. The van der Waals surface area contributed by atoms with Gasteiger partial charge in [-0.05, 0) is 24.1 Å². The molecule has 1 amide bonds. The molecular formula is C11H12BrNO2. The quantitative estimate of drug-likeness (QED) is 0.852. The number of alkyl carbamates (subject to hydrolysis) is 1. The molecule has 4 heteroatoms. The van der Waals surface area contributed by atoms with Crippen molar-refractivity contribution in [1.82, 2.24) is 5.32 Å². The van der Waals surface area contributed by atoms with Crippen molar-refractivity contribution >= 4 is 22.0 Å². The molecule has 0 aliphatic carbocycles. The molecule has 0 bridgehead atoms. The summed E-state index contributed by atoms with van der Waals surface area (Å²) < 4.78 is 6.25. The van der Waals surface area contributed by atoms with Gasteiger partial charge in [-0.1, -0.05) is 28.1 Å². The van der Waals surface area contributed by atoms with E-state index >= 15 is 0 Å². The van der Waals surface area contributed by atoms with Gasteiger partial charge >= 0.3 is 6.09 Å². The Hall–Kier alpha value is -1.03. The van der Waals surface area contributed by atoms with E-state index in [1.807, 2.05) is 25.1 Å². The van der Waals surface area contributed by atoms with Crippen LogP contribution in [-0.4, -0.2) is 12.6 Å². The Balaban J connectivity index is 2.21. The van der Waals surface area contributed by atoms with Gasteiger partial charge in [0.2, 0.25) is 0 Å². The fourth-order valence-corrected chi connectivity index (χ4v) is 1.98. The molecule has 1 N–H and O–H groups in total. The fourth-order valence-electron chi connectivity index (χ4n) is 1.58. The topological polar surface area (TPSA) is 38.3 Å². The third-order valence-corrected chi connectivity index (χ3v) is 3.35. The third-order valence-electron chi connectivity index (χ3n) is 2.49. The predicted octanol–water partition coefficient (Wildman–Crippen LogP) is 2.93. The Morgan fingerprint density at radius 2 is 2.33 bits per heavy atom. The minimum Gasteiger partial charge on any atom is -0.441 e. The molecule has 0 aromatic heterocycles. The Morgan fingerprint density at radius 3 is 3.00 bits per heavy atom. The van der Waals surface area contributed by atoms with E-state index < -0.39 is 0 Å². The lowest BCUT2D eigenvalue weighted by Gasteiger charge is -2.23. The molecule has 1 heterocycles. The van der Waals surface area contributed by atoms with Gasteiger partial charge in [0.25, 0.3) is 0 Å². The minimum absolute atomic E-state index is 0.115. The monoisotopic (exact) mass is 269 g/mol. The number of carbonyl (C=O) groups excluding carboxylic acids is 1. The standard InChI is InChI=1S/C11H12BrNO2/c1-7-2-3-8(6-9(7)12)10-4-5-13-11(14)15-10/h2-3,6,10H,4-5H2,1H3,(H,13,14)/t10-/m1/s1. The Kier molecular flexibility index (Phi) is 2.95. The summed E-state index contributed by atoms with van der Waals surface area (Å²) in [5.41, 5.74) is 2.22. The SMILES string of the molecule is Cc1ccc([C@H]2CCNC(=O)O2)cc1Br. The maximum atomic E-state index is 11.1. The molecular weight excluding hydrogens is 258 g/mol. The van der Waals surface area contributed by atoms with Crippen molar-refractivity contribution in [3.63, 3.8) is 0 Å². The van der Waals surface area contributed by atoms with Gasteiger partial charge in [0.15, 0.2) is 0 Å². The summed E-state index contributed by atoms with van der Waals surface area (Å²) in [5, 5.41) is 2.63. The van der Waals surface area contributed by atoms with Crippen LogP contribution in [0.1, 0.15) is 23.7 Å². The molecule has 1 fully saturated rings. The van der Waals surface area contributed by atoms with Crippen LogP contribution in [0.15, 0.2) is 22.7 Å². The highest BCUT2D eigenvalue weighted by Gasteiger charge is 2.21. The normalized spacial score (nSPS) is 20.7. The summed E-state index contributed by atoms with van der Waals surface area (Å²) in [4.78, 5) is 11.1. The lowest BCUT2D eigenvalue weighted by Crippen LogP contribution is -2.33. The number of cyclic esters (lactones) is 1. The van der Waals surface area contributed by atoms with Gasteiger partial charge in [-0.25, -0.2) is 4.79 Å². The van der Waals surface area contributed by atoms with Crippen molar-refractivity contribution in [3.8, 4) is 0 Å². The highest BCUT2D eigenvalue weighted by Crippen LogP contribution is 2.27. The first-order valence-corrected chi connectivity index (χ1v) is 5.66. The average molecular weight is 270 g/mol. The molecule has 80 valence electrons. The van der Waals surface area contributed by atoms with E-state index in [4.69, 9.17) is 4.74 Å². The Bertz CT molecular complexity index is 392. The van der Waals surface area contributed by atoms with Crippen molar-refractivity contribution in [2.24, 2.45) is 0 Å². The maximum Gasteiger partial charge on any atom is 0.407 e. The predicted molar refractivity (Wildman–Crippen MR) is 60.7 cm³/mol. The van der Waals surface area contributed by atoms with E-state index in [9.17, 15) is 4.79 Å². The van der Waals surface area contributed by atoms with Gasteiger partial charge in [-0.15, -0.1) is 0 Å². The largest absolute Gasteiger partial charge is 0.441 e. The van der Waals surface area contributed by atoms with Gasteiger partial charge in [0.1, 0.15) is 6.10 Å². The number of amides is 1. The number of nitrogens with one attached hydrogen (secondary N) is 1. The zero-order valence-electron chi connectivity index (χ0n) is 8.42. The second-order valence-electron chi connectivity index (χ2n) is 3.62. The van der Waals surface area contributed by atoms with Crippen LogP contribution in [0.4, 0.5) is 4.79 Å². The number of benzene rings is 1. The second-order valence-corrected chi connectivity index (χ2v) is 4.47. The summed E-state index contributed by atoms with van der Waals surface area (Å²) >= 11 is 3.47. The van der Waals surface area contributed by atoms with E-state index in [-0.39, 0.29) is 12.2 Å². The van der Waals surface area contributed by atoms with Crippen molar-refractivity contribution in [1.29, 1.82) is 0 Å². The Morgan fingerprint density at radius 1 is 1.53 bits per heavy atom. The van der Waals surface area contributed by atoms with Crippen LogP contribution in [-0.2, 0) is 4.74 Å². The number of ether oxygens (including phenoxy) is 1. The van der Waals surface area contributed by atoms with Crippen molar-refractivity contribution in [3.05, 3.63) is 33.8 Å². The average Bonchev–Trinajstić information content (AvgIpc) is 2.22. The molecule has 1 aromatic rings. The van der Waals surface area contributed by atoms with Gasteiger partial charge in [0, 0.05) is 17.4 Å². The summed E-state index contributed by atoms with van der Waals surface area (Å²) in [6, 6.07) is 6.04. The van der Waals surface area contributed by atoms with Gasteiger partial charge in [0.05, 0.1) is 0 Å². The first-order chi connectivity index (χ1) is 7.16. The second kappa shape index (κ2) is 4.23.